The molecule has 6 nitrogen and oxygen atoms in total. The summed E-state index contributed by atoms with van der Waals surface area (Å²) < 4.78 is 22.8. The van der Waals surface area contributed by atoms with Gasteiger partial charge in [0, 0.05) is 10.0 Å². The van der Waals surface area contributed by atoms with E-state index in [1.165, 1.54) is 0 Å². The summed E-state index contributed by atoms with van der Waals surface area (Å²) >= 11 is 9.23. The van der Waals surface area contributed by atoms with Crippen molar-refractivity contribution in [2.24, 2.45) is 5.14 Å². The second kappa shape index (κ2) is 4.37. The molecule has 0 atom stereocenters. The van der Waals surface area contributed by atoms with E-state index >= 15 is 0 Å². The van der Waals surface area contributed by atoms with Crippen LogP contribution in [0.5, 0.6) is 0 Å². The third-order valence-electron chi connectivity index (χ3n) is 1.90. The van der Waals surface area contributed by atoms with E-state index < -0.39 is 15.2 Å². The van der Waals surface area contributed by atoms with Crippen molar-refractivity contribution in [1.82, 2.24) is 15.2 Å². The Bertz CT molecular complexity index is 670. The van der Waals surface area contributed by atoms with Gasteiger partial charge in [-0.15, -0.1) is 0 Å². The highest BCUT2D eigenvalue weighted by atomic mass is 79.9. The molecule has 0 saturated heterocycles. The number of nitrogens with zero attached hydrogens (tertiary/aromatic N) is 2. The molecule has 1 aromatic heterocycles. The lowest BCUT2D eigenvalue weighted by Crippen LogP contribution is -2.13. The number of rotatable bonds is 2. The number of H-pyrrole nitrogens is 1. The van der Waals surface area contributed by atoms with E-state index in [1.54, 1.807) is 18.2 Å². The van der Waals surface area contributed by atoms with Crippen molar-refractivity contribution >= 4 is 37.6 Å². The first-order chi connectivity index (χ1) is 7.88. The average molecular weight is 338 g/mol. The number of primary sulfonamides is 1. The number of nitrogens with one attached hydrogen (secondary N) is 1. The highest BCUT2D eigenvalue weighted by Gasteiger charge is 2.16. The van der Waals surface area contributed by atoms with Crippen LogP contribution in [0.3, 0.4) is 0 Å². The van der Waals surface area contributed by atoms with Crippen LogP contribution < -0.4 is 5.14 Å². The molecule has 0 radical (unpaired) electrons. The molecule has 0 spiro atoms. The summed E-state index contributed by atoms with van der Waals surface area (Å²) in [4.78, 5) is 3.77. The van der Waals surface area contributed by atoms with E-state index in [0.717, 1.165) is 4.47 Å². The molecular weight excluding hydrogens is 332 g/mol. The van der Waals surface area contributed by atoms with E-state index in [9.17, 15) is 8.42 Å². The van der Waals surface area contributed by atoms with Gasteiger partial charge in [0.15, 0.2) is 5.82 Å². The maximum atomic E-state index is 11.0. The Hall–Kier alpha value is -0.960. The molecule has 2 rings (SSSR count). The fourth-order valence-corrected chi connectivity index (χ4v) is 2.11. The molecule has 0 aliphatic rings. The van der Waals surface area contributed by atoms with Crippen LogP contribution in [0, 0.1) is 0 Å². The molecule has 9 heteroatoms. The number of halogens is 2. The van der Waals surface area contributed by atoms with Gasteiger partial charge >= 0.3 is 0 Å². The van der Waals surface area contributed by atoms with Crippen LogP contribution >= 0.6 is 27.5 Å². The molecule has 0 amide bonds. The van der Waals surface area contributed by atoms with Crippen LogP contribution in [-0.4, -0.2) is 23.6 Å². The first-order valence-electron chi connectivity index (χ1n) is 4.28. The Morgan fingerprint density at radius 3 is 2.71 bits per heavy atom. The largest absolute Gasteiger partial charge is 0.273 e. The van der Waals surface area contributed by atoms with Gasteiger partial charge in [0.05, 0.1) is 5.02 Å². The number of sulfonamides is 1. The third kappa shape index (κ3) is 2.65. The van der Waals surface area contributed by atoms with Crippen molar-refractivity contribution in [3.63, 3.8) is 0 Å². The number of benzene rings is 1. The zero-order valence-electron chi connectivity index (χ0n) is 8.18. The monoisotopic (exact) mass is 336 g/mol. The summed E-state index contributed by atoms with van der Waals surface area (Å²) in [6, 6.07) is 5.07. The number of aromatic amines is 1. The quantitative estimate of drug-likeness (QED) is 0.867. The van der Waals surface area contributed by atoms with Crippen molar-refractivity contribution < 1.29 is 8.42 Å². The topological polar surface area (TPSA) is 102 Å². The number of hydrogen-bond donors (Lipinski definition) is 2. The smallest absolute Gasteiger partial charge is 0.248 e. The summed E-state index contributed by atoms with van der Waals surface area (Å²) in [6.45, 7) is 0. The first kappa shape index (κ1) is 12.5. The zero-order valence-corrected chi connectivity index (χ0v) is 11.3. The Balaban J connectivity index is 2.55. The van der Waals surface area contributed by atoms with Crippen molar-refractivity contribution in [1.29, 1.82) is 0 Å². The van der Waals surface area contributed by atoms with Crippen LogP contribution in [-0.2, 0) is 10.0 Å². The molecule has 1 aromatic carbocycles. The minimum Gasteiger partial charge on any atom is -0.248 e. The predicted molar refractivity (Wildman–Crippen MR) is 65.9 cm³/mol. The molecular formula is C8H6BrClN4O2S. The number of nitrogens with two attached hydrogens (primary N) is 1. The standard InChI is InChI=1S/C8H6BrClN4O2S/c9-4-1-2-6(10)5(3-4)7-12-8(14-13-7)17(11,15)16/h1-3H,(H2,11,15,16)(H,12,13,14). The van der Waals surface area contributed by atoms with Crippen LogP contribution in [0.4, 0.5) is 0 Å². The Labute approximate surface area is 110 Å². The predicted octanol–water partition coefficient (Wildman–Crippen LogP) is 1.53. The molecule has 2 aromatic rings. The second-order valence-electron chi connectivity index (χ2n) is 3.13. The maximum absolute atomic E-state index is 11.0. The second-order valence-corrected chi connectivity index (χ2v) is 5.93. The lowest BCUT2D eigenvalue weighted by Gasteiger charge is -1.99. The lowest BCUT2D eigenvalue weighted by atomic mass is 10.2. The van der Waals surface area contributed by atoms with Crippen molar-refractivity contribution in [3.05, 3.63) is 27.7 Å². The molecule has 1 heterocycles. The molecule has 17 heavy (non-hydrogen) atoms. The highest BCUT2D eigenvalue weighted by molar-refractivity contribution is 9.10. The SMILES string of the molecule is NS(=O)(=O)c1nc(-c2cc(Br)ccc2Cl)n[nH]1. The Kier molecular flexibility index (Phi) is 3.21. The van der Waals surface area contributed by atoms with E-state index in [2.05, 4.69) is 31.1 Å². The molecule has 0 fully saturated rings. The van der Waals surface area contributed by atoms with Gasteiger partial charge in [0.25, 0.3) is 15.2 Å². The normalized spacial score (nSPS) is 11.7. The fourth-order valence-electron chi connectivity index (χ4n) is 1.16. The van der Waals surface area contributed by atoms with E-state index in [0.29, 0.717) is 10.6 Å². The summed E-state index contributed by atoms with van der Waals surface area (Å²) in [7, 11) is -3.90. The van der Waals surface area contributed by atoms with Crippen LogP contribution in [0.2, 0.25) is 5.02 Å². The van der Waals surface area contributed by atoms with Crippen molar-refractivity contribution in [3.8, 4) is 11.4 Å². The molecule has 0 unspecified atom stereocenters. The van der Waals surface area contributed by atoms with E-state index in [4.69, 9.17) is 16.7 Å². The van der Waals surface area contributed by atoms with Crippen LogP contribution in [0.25, 0.3) is 11.4 Å². The van der Waals surface area contributed by atoms with Crippen LogP contribution in [0.15, 0.2) is 27.8 Å². The zero-order chi connectivity index (χ0) is 12.6. The Morgan fingerprint density at radius 1 is 1.41 bits per heavy atom. The molecule has 0 saturated carbocycles. The van der Waals surface area contributed by atoms with Crippen LogP contribution in [0.1, 0.15) is 0 Å². The third-order valence-corrected chi connectivity index (χ3v) is 3.45. The summed E-state index contributed by atoms with van der Waals surface area (Å²) in [5, 5.41) is 10.9. The molecule has 90 valence electrons. The van der Waals surface area contributed by atoms with Gasteiger partial charge in [0.1, 0.15) is 0 Å². The van der Waals surface area contributed by atoms with Gasteiger partial charge in [-0.3, -0.25) is 0 Å². The van der Waals surface area contributed by atoms with E-state index in [1.807, 2.05) is 0 Å². The van der Waals surface area contributed by atoms with Crippen molar-refractivity contribution in [2.75, 3.05) is 0 Å². The maximum Gasteiger partial charge on any atom is 0.273 e. The van der Waals surface area contributed by atoms with Crippen molar-refractivity contribution in [2.45, 2.75) is 5.16 Å². The summed E-state index contributed by atoms with van der Waals surface area (Å²) in [6.07, 6.45) is 0. The van der Waals surface area contributed by atoms with Gasteiger partial charge in [0.2, 0.25) is 0 Å². The Morgan fingerprint density at radius 2 is 2.12 bits per heavy atom. The summed E-state index contributed by atoms with van der Waals surface area (Å²) in [5.74, 6) is 0.167. The van der Waals surface area contributed by atoms with Gasteiger partial charge in [-0.2, -0.15) is 10.1 Å². The van der Waals surface area contributed by atoms with Gasteiger partial charge < -0.3 is 0 Å². The first-order valence-corrected chi connectivity index (χ1v) is 7.00. The highest BCUT2D eigenvalue weighted by Crippen LogP contribution is 2.28. The fraction of sp³-hybridized carbons (Fsp3) is 0. The average Bonchev–Trinajstić information content (AvgIpc) is 2.70. The molecule has 0 aliphatic heterocycles. The minimum atomic E-state index is -3.90. The summed E-state index contributed by atoms with van der Waals surface area (Å²) in [5.41, 5.74) is 0.507. The minimum absolute atomic E-state index is 0.167. The molecule has 0 bridgehead atoms. The number of aromatic nitrogens is 3. The van der Waals surface area contributed by atoms with Gasteiger partial charge in [-0.1, -0.05) is 27.5 Å². The lowest BCUT2D eigenvalue weighted by molar-refractivity contribution is 0.589. The van der Waals surface area contributed by atoms with Gasteiger partial charge in [-0.05, 0) is 18.2 Å². The number of hydrogen-bond acceptors (Lipinski definition) is 4. The van der Waals surface area contributed by atoms with Gasteiger partial charge in [-0.25, -0.2) is 18.7 Å². The van der Waals surface area contributed by atoms with E-state index in [-0.39, 0.29) is 5.82 Å². The molecule has 3 N–H and O–H groups in total. The molecule has 0 aliphatic carbocycles.